The molecule has 0 fully saturated rings. The fraction of sp³-hybridized carbons (Fsp3) is 0.200. The van der Waals surface area contributed by atoms with E-state index in [1.165, 1.54) is 0 Å². The molecule has 6 heteroatoms. The molecule has 0 radical (unpaired) electrons. The Kier molecular flexibility index (Phi) is 5.20. The Labute approximate surface area is 137 Å². The van der Waals surface area contributed by atoms with Crippen molar-refractivity contribution in [3.8, 4) is 0 Å². The Hall–Kier alpha value is -1.59. The number of carbonyl (C=O) groups excluding carboxylic acids is 1. The number of aryl methyl sites for hydroxylation is 1. The highest BCUT2D eigenvalue weighted by Crippen LogP contribution is 2.26. The van der Waals surface area contributed by atoms with Gasteiger partial charge in [0.05, 0.1) is 5.02 Å². The first-order chi connectivity index (χ1) is 9.99. The summed E-state index contributed by atoms with van der Waals surface area (Å²) in [6.45, 7) is 4.59. The number of aromatic nitrogens is 1. The highest BCUT2D eigenvalue weighted by molar-refractivity contribution is 9.10. The molecular weight excluding hydrogens is 354 g/mol. The van der Waals surface area contributed by atoms with E-state index in [4.69, 9.17) is 11.6 Å². The second-order valence-corrected chi connectivity index (χ2v) is 5.76. The Bertz CT molecular complexity index is 676. The van der Waals surface area contributed by atoms with Crippen LogP contribution in [0.15, 0.2) is 34.8 Å². The normalized spacial score (nSPS) is 10.3. The number of anilines is 2. The van der Waals surface area contributed by atoms with E-state index in [2.05, 4.69) is 31.5 Å². The SMILES string of the molecule is CCNc1cc(C(=O)Nc2ccc(Cl)c(Br)c2)cc(C)n1. The van der Waals surface area contributed by atoms with Gasteiger partial charge in [-0.3, -0.25) is 4.79 Å². The number of carbonyl (C=O) groups is 1. The van der Waals surface area contributed by atoms with Crippen LogP contribution in [0.2, 0.25) is 5.02 Å². The van der Waals surface area contributed by atoms with Crippen molar-refractivity contribution in [1.82, 2.24) is 4.98 Å². The molecule has 110 valence electrons. The zero-order valence-corrected chi connectivity index (χ0v) is 14.0. The Morgan fingerprint density at radius 2 is 2.10 bits per heavy atom. The van der Waals surface area contributed by atoms with E-state index in [-0.39, 0.29) is 5.91 Å². The lowest BCUT2D eigenvalue weighted by molar-refractivity contribution is 0.102. The lowest BCUT2D eigenvalue weighted by Gasteiger charge is -2.09. The Balaban J connectivity index is 2.21. The number of nitrogens with zero attached hydrogens (tertiary/aromatic N) is 1. The van der Waals surface area contributed by atoms with E-state index < -0.39 is 0 Å². The van der Waals surface area contributed by atoms with Crippen molar-refractivity contribution in [3.63, 3.8) is 0 Å². The summed E-state index contributed by atoms with van der Waals surface area (Å²) in [5, 5.41) is 6.55. The van der Waals surface area contributed by atoms with Crippen LogP contribution in [0.25, 0.3) is 0 Å². The number of halogens is 2. The number of benzene rings is 1. The van der Waals surface area contributed by atoms with Crippen LogP contribution in [0, 0.1) is 6.92 Å². The zero-order chi connectivity index (χ0) is 15.4. The molecule has 0 spiro atoms. The number of amides is 1. The van der Waals surface area contributed by atoms with Gasteiger partial charge in [-0.15, -0.1) is 0 Å². The molecule has 4 nitrogen and oxygen atoms in total. The Morgan fingerprint density at radius 1 is 1.33 bits per heavy atom. The van der Waals surface area contributed by atoms with Gasteiger partial charge in [-0.05, 0) is 60.1 Å². The minimum atomic E-state index is -0.186. The molecule has 1 aromatic carbocycles. The quantitative estimate of drug-likeness (QED) is 0.836. The zero-order valence-electron chi connectivity index (χ0n) is 11.7. The molecule has 1 aromatic heterocycles. The lowest BCUT2D eigenvalue weighted by Crippen LogP contribution is -2.13. The fourth-order valence-corrected chi connectivity index (χ4v) is 2.34. The third-order valence-corrected chi connectivity index (χ3v) is 3.96. The summed E-state index contributed by atoms with van der Waals surface area (Å²) in [6.07, 6.45) is 0. The number of hydrogen-bond donors (Lipinski definition) is 2. The van der Waals surface area contributed by atoms with E-state index in [0.29, 0.717) is 22.1 Å². The molecule has 0 aliphatic rings. The van der Waals surface area contributed by atoms with Crippen molar-refractivity contribution >= 4 is 44.9 Å². The lowest BCUT2D eigenvalue weighted by atomic mass is 10.2. The van der Waals surface area contributed by atoms with Crippen LogP contribution in [-0.4, -0.2) is 17.4 Å². The highest BCUT2D eigenvalue weighted by atomic mass is 79.9. The van der Waals surface area contributed by atoms with Crippen LogP contribution in [0.5, 0.6) is 0 Å². The van der Waals surface area contributed by atoms with E-state index in [0.717, 1.165) is 16.7 Å². The maximum absolute atomic E-state index is 12.3. The van der Waals surface area contributed by atoms with Crippen LogP contribution in [0.3, 0.4) is 0 Å². The van der Waals surface area contributed by atoms with Gasteiger partial charge in [-0.1, -0.05) is 11.6 Å². The first-order valence-electron chi connectivity index (χ1n) is 6.48. The molecule has 0 aliphatic heterocycles. The summed E-state index contributed by atoms with van der Waals surface area (Å²) in [4.78, 5) is 16.6. The maximum Gasteiger partial charge on any atom is 0.255 e. The van der Waals surface area contributed by atoms with Gasteiger partial charge in [-0.25, -0.2) is 4.98 Å². The summed E-state index contributed by atoms with van der Waals surface area (Å²) in [7, 11) is 0. The van der Waals surface area contributed by atoms with Crippen molar-refractivity contribution in [2.24, 2.45) is 0 Å². The molecule has 0 aliphatic carbocycles. The molecule has 21 heavy (non-hydrogen) atoms. The van der Waals surface area contributed by atoms with E-state index >= 15 is 0 Å². The van der Waals surface area contributed by atoms with Crippen LogP contribution in [-0.2, 0) is 0 Å². The third-order valence-electron chi connectivity index (χ3n) is 2.75. The van der Waals surface area contributed by atoms with Crippen molar-refractivity contribution in [2.75, 3.05) is 17.2 Å². The molecule has 0 bridgehead atoms. The number of hydrogen-bond acceptors (Lipinski definition) is 3. The molecule has 2 rings (SSSR count). The number of nitrogens with one attached hydrogen (secondary N) is 2. The first kappa shape index (κ1) is 15.8. The summed E-state index contributed by atoms with van der Waals surface area (Å²) < 4.78 is 0.737. The molecule has 2 aromatic rings. The topological polar surface area (TPSA) is 54.0 Å². The molecular formula is C15H15BrClN3O. The highest BCUT2D eigenvalue weighted by Gasteiger charge is 2.10. The van der Waals surface area contributed by atoms with Gasteiger partial charge in [0, 0.05) is 28.0 Å². The molecule has 0 saturated carbocycles. The predicted octanol–water partition coefficient (Wildman–Crippen LogP) is 4.49. The Morgan fingerprint density at radius 3 is 2.76 bits per heavy atom. The van der Waals surface area contributed by atoms with E-state index in [9.17, 15) is 4.79 Å². The van der Waals surface area contributed by atoms with E-state index in [1.54, 1.807) is 30.3 Å². The van der Waals surface area contributed by atoms with Crippen molar-refractivity contribution in [2.45, 2.75) is 13.8 Å². The van der Waals surface area contributed by atoms with E-state index in [1.807, 2.05) is 13.8 Å². The number of rotatable bonds is 4. The average molecular weight is 369 g/mol. The summed E-state index contributed by atoms with van der Waals surface area (Å²) in [5.41, 5.74) is 2.02. The molecule has 0 unspecified atom stereocenters. The molecule has 0 saturated heterocycles. The molecule has 1 amide bonds. The van der Waals surface area contributed by atoms with Gasteiger partial charge in [0.15, 0.2) is 0 Å². The van der Waals surface area contributed by atoms with Gasteiger partial charge in [0.25, 0.3) is 5.91 Å². The van der Waals surface area contributed by atoms with Crippen LogP contribution >= 0.6 is 27.5 Å². The number of pyridine rings is 1. The molecule has 1 heterocycles. The predicted molar refractivity (Wildman–Crippen MR) is 90.2 cm³/mol. The molecule has 0 atom stereocenters. The average Bonchev–Trinajstić information content (AvgIpc) is 2.42. The van der Waals surface area contributed by atoms with Crippen molar-refractivity contribution in [3.05, 3.63) is 51.1 Å². The monoisotopic (exact) mass is 367 g/mol. The smallest absolute Gasteiger partial charge is 0.255 e. The minimum Gasteiger partial charge on any atom is -0.370 e. The molecule has 2 N–H and O–H groups in total. The standard InChI is InChI=1S/C15H15BrClN3O/c1-3-18-14-7-10(6-9(2)19-14)15(21)20-11-4-5-13(17)12(16)8-11/h4-8H,3H2,1-2H3,(H,18,19)(H,20,21). The van der Waals surface area contributed by atoms with Gasteiger partial charge in [-0.2, -0.15) is 0 Å². The van der Waals surface area contributed by atoms with Crippen LogP contribution in [0.4, 0.5) is 11.5 Å². The summed E-state index contributed by atoms with van der Waals surface area (Å²) in [5.74, 6) is 0.508. The largest absolute Gasteiger partial charge is 0.370 e. The van der Waals surface area contributed by atoms with Gasteiger partial charge >= 0.3 is 0 Å². The first-order valence-corrected chi connectivity index (χ1v) is 7.65. The fourth-order valence-electron chi connectivity index (χ4n) is 1.85. The van der Waals surface area contributed by atoms with Gasteiger partial charge in [0.1, 0.15) is 5.82 Å². The maximum atomic E-state index is 12.3. The summed E-state index contributed by atoms with van der Waals surface area (Å²) in [6, 6.07) is 8.73. The van der Waals surface area contributed by atoms with Crippen molar-refractivity contribution < 1.29 is 4.79 Å². The second kappa shape index (κ2) is 6.91. The van der Waals surface area contributed by atoms with Crippen LogP contribution < -0.4 is 10.6 Å². The second-order valence-electron chi connectivity index (χ2n) is 4.50. The van der Waals surface area contributed by atoms with Gasteiger partial charge in [0.2, 0.25) is 0 Å². The van der Waals surface area contributed by atoms with Crippen LogP contribution in [0.1, 0.15) is 23.0 Å². The summed E-state index contributed by atoms with van der Waals surface area (Å²) >= 11 is 9.27. The minimum absolute atomic E-state index is 0.186. The van der Waals surface area contributed by atoms with Crippen molar-refractivity contribution in [1.29, 1.82) is 0 Å². The van der Waals surface area contributed by atoms with Gasteiger partial charge < -0.3 is 10.6 Å². The third kappa shape index (κ3) is 4.19.